The van der Waals surface area contributed by atoms with Crippen molar-refractivity contribution in [1.29, 1.82) is 0 Å². The molecule has 0 bridgehead atoms. The van der Waals surface area contributed by atoms with Gasteiger partial charge in [-0.1, -0.05) is 30.0 Å². The molecule has 108 valence electrons. The number of carbonyl (C=O) groups is 1. The van der Waals surface area contributed by atoms with Crippen LogP contribution in [0.15, 0.2) is 47.1 Å². The van der Waals surface area contributed by atoms with E-state index in [1.165, 1.54) is 30.1 Å². The first kappa shape index (κ1) is 14.9. The summed E-state index contributed by atoms with van der Waals surface area (Å²) in [5, 5.41) is 21.2. The molecule has 1 saturated heterocycles. The lowest BCUT2D eigenvalue weighted by Crippen LogP contribution is -2.24. The lowest BCUT2D eigenvalue weighted by Gasteiger charge is -1.97. The molecule has 1 aromatic carbocycles. The lowest BCUT2D eigenvalue weighted by molar-refractivity contribution is -0.384. The Morgan fingerprint density at radius 2 is 2.33 bits per heavy atom. The maximum absolute atomic E-state index is 11.5. The first-order chi connectivity index (χ1) is 10.1. The van der Waals surface area contributed by atoms with Crippen molar-refractivity contribution < 1.29 is 9.72 Å². The van der Waals surface area contributed by atoms with Gasteiger partial charge in [-0.15, -0.1) is 11.7 Å². The van der Waals surface area contributed by atoms with Crippen LogP contribution >= 0.6 is 11.8 Å². The number of amidine groups is 1. The van der Waals surface area contributed by atoms with E-state index in [0.717, 1.165) is 0 Å². The standard InChI is InChI=1S/C13H12N4O3S/c1-2-4-11-12(18)15-13(21-11)16-14-8-9-5-3-6-10(7-9)17(19)20/h2-3,5-8,11H,1,4H2,(H,15,16,18)/b14-8+/t11-/m0/s1. The third kappa shape index (κ3) is 3.99. The van der Waals surface area contributed by atoms with Gasteiger partial charge in [0, 0.05) is 17.7 Å². The first-order valence-corrected chi connectivity index (χ1v) is 6.92. The van der Waals surface area contributed by atoms with E-state index >= 15 is 0 Å². The largest absolute Gasteiger partial charge is 0.303 e. The summed E-state index contributed by atoms with van der Waals surface area (Å²) < 4.78 is 0. The second kappa shape index (κ2) is 6.80. The van der Waals surface area contributed by atoms with Crippen LogP contribution in [0.2, 0.25) is 0 Å². The number of carbonyl (C=O) groups excluding carboxylic acids is 1. The minimum Gasteiger partial charge on any atom is -0.303 e. The molecule has 1 fully saturated rings. The number of nitrogens with zero attached hydrogens (tertiary/aromatic N) is 3. The van der Waals surface area contributed by atoms with Crippen LogP contribution in [-0.2, 0) is 4.79 Å². The highest BCUT2D eigenvalue weighted by atomic mass is 32.2. The summed E-state index contributed by atoms with van der Waals surface area (Å²) in [7, 11) is 0. The number of non-ortho nitro benzene ring substituents is 1. The van der Waals surface area contributed by atoms with Crippen molar-refractivity contribution in [2.45, 2.75) is 11.7 Å². The first-order valence-electron chi connectivity index (χ1n) is 6.04. The number of allylic oxidation sites excluding steroid dienone is 1. The van der Waals surface area contributed by atoms with E-state index in [4.69, 9.17) is 0 Å². The molecule has 1 amide bonds. The highest BCUT2D eigenvalue weighted by molar-refractivity contribution is 8.15. The number of nitro benzene ring substituents is 1. The van der Waals surface area contributed by atoms with Gasteiger partial charge in [0.05, 0.1) is 16.4 Å². The molecule has 0 saturated carbocycles. The molecule has 1 aliphatic heterocycles. The van der Waals surface area contributed by atoms with Gasteiger partial charge in [-0.05, 0) is 6.42 Å². The van der Waals surface area contributed by atoms with Crippen molar-refractivity contribution in [3.05, 3.63) is 52.6 Å². The van der Waals surface area contributed by atoms with Crippen LogP contribution < -0.4 is 5.32 Å². The Bertz CT molecular complexity index is 642. The second-order valence-corrected chi connectivity index (χ2v) is 5.31. The molecule has 1 heterocycles. The van der Waals surface area contributed by atoms with Crippen LogP contribution in [0, 0.1) is 10.1 Å². The molecule has 2 rings (SSSR count). The van der Waals surface area contributed by atoms with Gasteiger partial charge in [0.1, 0.15) is 0 Å². The summed E-state index contributed by atoms with van der Waals surface area (Å²) in [6, 6.07) is 6.04. The van der Waals surface area contributed by atoms with Gasteiger partial charge in [-0.25, -0.2) is 0 Å². The molecule has 7 nitrogen and oxygen atoms in total. The molecule has 0 spiro atoms. The number of hydrogen-bond acceptors (Lipinski definition) is 6. The number of thioether (sulfide) groups is 1. The third-order valence-corrected chi connectivity index (χ3v) is 3.69. The second-order valence-electron chi connectivity index (χ2n) is 4.12. The van der Waals surface area contributed by atoms with Crippen molar-refractivity contribution in [2.75, 3.05) is 0 Å². The van der Waals surface area contributed by atoms with Crippen LogP contribution in [0.4, 0.5) is 5.69 Å². The molecule has 1 atom stereocenters. The average molecular weight is 304 g/mol. The fourth-order valence-electron chi connectivity index (χ4n) is 1.63. The topological polar surface area (TPSA) is 97.0 Å². The quantitative estimate of drug-likeness (QED) is 0.390. The molecular formula is C13H12N4O3S. The molecule has 1 N–H and O–H groups in total. The molecule has 1 aliphatic rings. The zero-order valence-corrected chi connectivity index (χ0v) is 11.7. The van der Waals surface area contributed by atoms with Crippen molar-refractivity contribution in [2.24, 2.45) is 10.2 Å². The number of nitrogens with one attached hydrogen (secondary N) is 1. The zero-order valence-electron chi connectivity index (χ0n) is 10.9. The Morgan fingerprint density at radius 1 is 1.52 bits per heavy atom. The van der Waals surface area contributed by atoms with Crippen LogP contribution in [0.25, 0.3) is 0 Å². The molecule has 1 aromatic rings. The highest BCUT2D eigenvalue weighted by Crippen LogP contribution is 2.22. The lowest BCUT2D eigenvalue weighted by atomic mass is 10.2. The highest BCUT2D eigenvalue weighted by Gasteiger charge is 2.28. The fraction of sp³-hybridized carbons (Fsp3) is 0.154. The minimum atomic E-state index is -0.476. The Kier molecular flexibility index (Phi) is 4.83. The molecule has 8 heteroatoms. The molecule has 0 radical (unpaired) electrons. The smallest absolute Gasteiger partial charge is 0.270 e. The summed E-state index contributed by atoms with van der Waals surface area (Å²) in [5.74, 6) is -0.121. The number of rotatable bonds is 5. The van der Waals surface area contributed by atoms with Crippen molar-refractivity contribution in [3.63, 3.8) is 0 Å². The number of nitro groups is 1. The van der Waals surface area contributed by atoms with Gasteiger partial charge >= 0.3 is 0 Å². The van der Waals surface area contributed by atoms with Gasteiger partial charge in [-0.3, -0.25) is 14.9 Å². The summed E-state index contributed by atoms with van der Waals surface area (Å²) in [5.41, 5.74) is 0.548. The maximum atomic E-state index is 11.5. The molecule has 0 aliphatic carbocycles. The zero-order chi connectivity index (χ0) is 15.2. The van der Waals surface area contributed by atoms with E-state index in [1.807, 2.05) is 0 Å². The van der Waals surface area contributed by atoms with E-state index in [0.29, 0.717) is 17.2 Å². The van der Waals surface area contributed by atoms with Crippen molar-refractivity contribution in [3.8, 4) is 0 Å². The average Bonchev–Trinajstić information content (AvgIpc) is 2.80. The van der Waals surface area contributed by atoms with Crippen molar-refractivity contribution in [1.82, 2.24) is 5.32 Å². The summed E-state index contributed by atoms with van der Waals surface area (Å²) in [4.78, 5) is 21.7. The van der Waals surface area contributed by atoms with E-state index < -0.39 is 4.92 Å². The van der Waals surface area contributed by atoms with Gasteiger partial charge in [0.25, 0.3) is 5.69 Å². The monoisotopic (exact) mass is 304 g/mol. The van der Waals surface area contributed by atoms with Crippen LogP contribution in [-0.4, -0.2) is 27.5 Å². The predicted molar refractivity (Wildman–Crippen MR) is 82.5 cm³/mol. The fourth-order valence-corrected chi connectivity index (χ4v) is 2.55. The summed E-state index contributed by atoms with van der Waals surface area (Å²) in [6.45, 7) is 3.59. The van der Waals surface area contributed by atoms with E-state index in [9.17, 15) is 14.9 Å². The Morgan fingerprint density at radius 3 is 3.05 bits per heavy atom. The number of hydrogen-bond donors (Lipinski definition) is 1. The number of amides is 1. The van der Waals surface area contributed by atoms with Gasteiger partial charge in [0.2, 0.25) is 5.91 Å². The van der Waals surface area contributed by atoms with Crippen LogP contribution in [0.5, 0.6) is 0 Å². The molecule has 21 heavy (non-hydrogen) atoms. The summed E-state index contributed by atoms with van der Waals surface area (Å²) in [6.07, 6.45) is 3.63. The van der Waals surface area contributed by atoms with Crippen LogP contribution in [0.3, 0.4) is 0 Å². The van der Waals surface area contributed by atoms with Gasteiger partial charge in [0.15, 0.2) is 5.17 Å². The molecule has 0 unspecified atom stereocenters. The van der Waals surface area contributed by atoms with Crippen LogP contribution in [0.1, 0.15) is 12.0 Å². The normalized spacial score (nSPS) is 19.9. The maximum Gasteiger partial charge on any atom is 0.270 e. The van der Waals surface area contributed by atoms with Gasteiger partial charge in [-0.2, -0.15) is 5.10 Å². The van der Waals surface area contributed by atoms with Gasteiger partial charge < -0.3 is 5.32 Å². The van der Waals surface area contributed by atoms with E-state index in [-0.39, 0.29) is 16.8 Å². The molecular weight excluding hydrogens is 292 g/mol. The molecule has 0 aromatic heterocycles. The third-order valence-electron chi connectivity index (χ3n) is 2.59. The minimum absolute atomic E-state index is 0.0128. The Balaban J connectivity index is 2.04. The summed E-state index contributed by atoms with van der Waals surface area (Å²) >= 11 is 1.28. The van der Waals surface area contributed by atoms with Crippen molar-refractivity contribution >= 4 is 34.7 Å². The SMILES string of the molecule is C=CC[C@@H]1S/C(=N/N=C/c2cccc([N+](=O)[O-])c2)NC1=O. The number of benzene rings is 1. The van der Waals surface area contributed by atoms with E-state index in [2.05, 4.69) is 22.1 Å². The Labute approximate surface area is 125 Å². The predicted octanol–water partition coefficient (Wildman–Crippen LogP) is 2.09. The Hall–Kier alpha value is -2.48. The van der Waals surface area contributed by atoms with E-state index in [1.54, 1.807) is 18.2 Å².